The minimum atomic E-state index is -0.249. The number of furan rings is 2. The number of aryl methyl sites for hydroxylation is 2. The highest BCUT2D eigenvalue weighted by atomic mass is 16.3. The highest BCUT2D eigenvalue weighted by molar-refractivity contribution is 6.13. The van der Waals surface area contributed by atoms with E-state index in [1.165, 1.54) is 139 Å². The maximum atomic E-state index is 6.73. The number of hydrogen-bond acceptors (Lipinski definition) is 3. The van der Waals surface area contributed by atoms with Crippen molar-refractivity contribution in [2.75, 3.05) is 4.90 Å². The summed E-state index contributed by atoms with van der Waals surface area (Å²) in [6.45, 7) is 23.7. The molecule has 0 fully saturated rings. The van der Waals surface area contributed by atoms with Crippen molar-refractivity contribution in [1.29, 1.82) is 0 Å². The normalized spacial score (nSPS) is 16.5. The molecular formula is C68H55NO2. The number of anilines is 3. The minimum Gasteiger partial charge on any atom is -0.455 e. The van der Waals surface area contributed by atoms with Crippen molar-refractivity contribution in [1.82, 2.24) is 0 Å². The largest absolute Gasteiger partial charge is 0.455 e. The SMILES string of the molecule is Cc1ccc(N(c2ccc3c(c2)C(C)(C)c2cc4c(cc2-3)C(C)(C)c2ccc3c(oc5ccccc53)c2-4)c2ccc3c(c2)C(C)(C)c2cc4c(cc2-3)C(C)(C)c2ccc3c(oc5ccccc53)c2-4)c(C)c1. The van der Waals surface area contributed by atoms with E-state index in [2.05, 4.69) is 226 Å². The zero-order valence-corrected chi connectivity index (χ0v) is 42.2. The Kier molecular flexibility index (Phi) is 7.66. The number of rotatable bonds is 3. The Labute approximate surface area is 415 Å². The van der Waals surface area contributed by atoms with Gasteiger partial charge in [0.1, 0.15) is 22.3 Å². The molecule has 0 aliphatic heterocycles. The van der Waals surface area contributed by atoms with Crippen LogP contribution in [-0.2, 0) is 21.7 Å². The van der Waals surface area contributed by atoms with Gasteiger partial charge in [0.05, 0.1) is 0 Å². The summed E-state index contributed by atoms with van der Waals surface area (Å²) in [4.78, 5) is 2.52. The molecule has 0 amide bonds. The van der Waals surface area contributed by atoms with Gasteiger partial charge in [-0.05, 0) is 164 Å². The van der Waals surface area contributed by atoms with Crippen LogP contribution in [0.5, 0.6) is 0 Å². The van der Waals surface area contributed by atoms with Gasteiger partial charge in [-0.25, -0.2) is 0 Å². The van der Waals surface area contributed by atoms with Crippen LogP contribution >= 0.6 is 0 Å². The predicted molar refractivity (Wildman–Crippen MR) is 295 cm³/mol. The predicted octanol–water partition coefficient (Wildman–Crippen LogP) is 18.8. The molecule has 0 spiro atoms. The van der Waals surface area contributed by atoms with Gasteiger partial charge < -0.3 is 13.7 Å². The lowest BCUT2D eigenvalue weighted by molar-refractivity contribution is 0.649. The molecule has 4 aliphatic rings. The second-order valence-electron chi connectivity index (χ2n) is 23.4. The van der Waals surface area contributed by atoms with Crippen molar-refractivity contribution in [3.63, 3.8) is 0 Å². The van der Waals surface area contributed by atoms with Crippen molar-refractivity contribution in [2.45, 2.75) is 90.9 Å². The lowest BCUT2D eigenvalue weighted by Gasteiger charge is -2.31. The molecule has 0 unspecified atom stereocenters. The van der Waals surface area contributed by atoms with Crippen LogP contribution in [-0.4, -0.2) is 0 Å². The first kappa shape index (κ1) is 41.2. The van der Waals surface area contributed by atoms with Crippen LogP contribution in [0.2, 0.25) is 0 Å². The Morgan fingerprint density at radius 1 is 0.338 bits per heavy atom. The molecule has 11 aromatic rings. The van der Waals surface area contributed by atoms with Crippen molar-refractivity contribution >= 4 is 60.9 Å². The van der Waals surface area contributed by atoms with Crippen LogP contribution in [0.1, 0.15) is 111 Å². The molecule has 0 radical (unpaired) electrons. The Balaban J connectivity index is 0.866. The first-order valence-electron chi connectivity index (χ1n) is 25.5. The van der Waals surface area contributed by atoms with Crippen molar-refractivity contribution in [3.8, 4) is 44.5 Å². The molecule has 2 heterocycles. The third-order valence-electron chi connectivity index (χ3n) is 18.0. The lowest BCUT2D eigenvalue weighted by Crippen LogP contribution is -2.19. The van der Waals surface area contributed by atoms with Crippen molar-refractivity contribution < 1.29 is 8.83 Å². The Bertz CT molecular complexity index is 4010. The van der Waals surface area contributed by atoms with Gasteiger partial charge in [-0.1, -0.05) is 146 Å². The number of para-hydroxylation sites is 2. The monoisotopic (exact) mass is 917 g/mol. The van der Waals surface area contributed by atoms with E-state index in [-0.39, 0.29) is 21.7 Å². The van der Waals surface area contributed by atoms with E-state index in [9.17, 15) is 0 Å². The maximum absolute atomic E-state index is 6.73. The summed E-state index contributed by atoms with van der Waals surface area (Å²) in [6, 6.07) is 57.6. The molecule has 0 N–H and O–H groups in total. The Hall–Kier alpha value is -7.62. The fraction of sp³-hybridized carbons (Fsp3) is 0.206. The Morgan fingerprint density at radius 2 is 0.746 bits per heavy atom. The molecule has 2 aromatic heterocycles. The molecule has 0 bridgehead atoms. The fourth-order valence-corrected chi connectivity index (χ4v) is 14.2. The van der Waals surface area contributed by atoms with Gasteiger partial charge >= 0.3 is 0 Å². The number of nitrogens with zero attached hydrogens (tertiary/aromatic N) is 1. The van der Waals surface area contributed by atoms with Gasteiger partial charge in [0.2, 0.25) is 0 Å². The van der Waals surface area contributed by atoms with E-state index in [0.29, 0.717) is 0 Å². The van der Waals surface area contributed by atoms with E-state index in [1.54, 1.807) is 0 Å². The van der Waals surface area contributed by atoms with Gasteiger partial charge in [-0.3, -0.25) is 0 Å². The first-order chi connectivity index (χ1) is 34.0. The average Bonchev–Trinajstić information content (AvgIpc) is 4.14. The lowest BCUT2D eigenvalue weighted by atomic mass is 9.79. The summed E-state index contributed by atoms with van der Waals surface area (Å²) in [5, 5.41) is 4.71. The third-order valence-corrected chi connectivity index (χ3v) is 18.0. The van der Waals surface area contributed by atoms with E-state index in [4.69, 9.17) is 8.83 Å². The minimum absolute atomic E-state index is 0.178. The van der Waals surface area contributed by atoms with Gasteiger partial charge in [-0.2, -0.15) is 0 Å². The summed E-state index contributed by atoms with van der Waals surface area (Å²) in [5.74, 6) is 0. The quantitative estimate of drug-likeness (QED) is 0.177. The van der Waals surface area contributed by atoms with Gasteiger partial charge in [0, 0.05) is 71.4 Å². The second kappa shape index (κ2) is 13.2. The first-order valence-corrected chi connectivity index (χ1v) is 25.5. The average molecular weight is 918 g/mol. The van der Waals surface area contributed by atoms with Crippen molar-refractivity contribution in [3.05, 3.63) is 207 Å². The third kappa shape index (κ3) is 5.09. The van der Waals surface area contributed by atoms with Crippen LogP contribution in [0.25, 0.3) is 88.4 Å². The molecular weight excluding hydrogens is 863 g/mol. The Morgan fingerprint density at radius 3 is 1.21 bits per heavy atom. The molecule has 3 heteroatoms. The molecule has 71 heavy (non-hydrogen) atoms. The molecule has 0 saturated heterocycles. The molecule has 344 valence electrons. The van der Waals surface area contributed by atoms with E-state index < -0.39 is 0 Å². The standard InChI is InChI=1S/C68H55NO2/c1-36-19-28-58(37(2)29-36)69(38-20-22-40-46-32-56-48(34-54(46)67(7,8)52(40)30-38)61-50(65(56,3)4)26-24-44-42-15-11-13-17-59(42)70-63(44)61)39-21-23-41-47-33-57-49(35-55(47)68(9,10)53(41)31-39)62-51(66(57,5)6)27-25-45-43-16-12-14-18-60(43)71-64(45)62/h11-35H,1-10H3. The fourth-order valence-electron chi connectivity index (χ4n) is 14.2. The smallest absolute Gasteiger partial charge is 0.143 e. The van der Waals surface area contributed by atoms with E-state index >= 15 is 0 Å². The summed E-state index contributed by atoms with van der Waals surface area (Å²) in [5.41, 5.74) is 30.3. The molecule has 15 rings (SSSR count). The van der Waals surface area contributed by atoms with Crippen LogP contribution in [0.4, 0.5) is 17.1 Å². The number of fused-ring (bicyclic) bond motifs is 20. The van der Waals surface area contributed by atoms with E-state index in [1.807, 2.05) is 0 Å². The van der Waals surface area contributed by atoms with Gasteiger partial charge in [0.25, 0.3) is 0 Å². The van der Waals surface area contributed by atoms with Crippen molar-refractivity contribution in [2.24, 2.45) is 0 Å². The molecule has 4 aliphatic carbocycles. The zero-order chi connectivity index (χ0) is 48.4. The summed E-state index contributed by atoms with van der Waals surface area (Å²) < 4.78 is 13.5. The van der Waals surface area contributed by atoms with Crippen LogP contribution in [0, 0.1) is 13.8 Å². The maximum Gasteiger partial charge on any atom is 0.143 e. The highest BCUT2D eigenvalue weighted by Crippen LogP contribution is 2.61. The van der Waals surface area contributed by atoms with Gasteiger partial charge in [0.15, 0.2) is 0 Å². The highest BCUT2D eigenvalue weighted by Gasteiger charge is 2.45. The van der Waals surface area contributed by atoms with Crippen LogP contribution < -0.4 is 4.90 Å². The van der Waals surface area contributed by atoms with Gasteiger partial charge in [-0.15, -0.1) is 0 Å². The number of benzene rings is 9. The second-order valence-corrected chi connectivity index (χ2v) is 23.4. The summed E-state index contributed by atoms with van der Waals surface area (Å²) in [7, 11) is 0. The molecule has 9 aromatic carbocycles. The molecule has 0 atom stereocenters. The molecule has 3 nitrogen and oxygen atoms in total. The summed E-state index contributed by atoms with van der Waals surface area (Å²) in [6.07, 6.45) is 0. The molecule has 0 saturated carbocycles. The topological polar surface area (TPSA) is 29.5 Å². The van der Waals surface area contributed by atoms with E-state index in [0.717, 1.165) is 22.3 Å². The van der Waals surface area contributed by atoms with Crippen LogP contribution in [0.3, 0.4) is 0 Å². The van der Waals surface area contributed by atoms with Crippen LogP contribution in [0.15, 0.2) is 160 Å². The number of hydrogen-bond donors (Lipinski definition) is 0. The summed E-state index contributed by atoms with van der Waals surface area (Å²) >= 11 is 0. The zero-order valence-electron chi connectivity index (χ0n) is 42.2.